The van der Waals surface area contributed by atoms with Crippen LogP contribution in [0.2, 0.25) is 0 Å². The molecule has 1 saturated heterocycles. The number of carbonyl (C=O) groups is 4. The average Bonchev–Trinajstić information content (AvgIpc) is 3.13. The van der Waals surface area contributed by atoms with Crippen molar-refractivity contribution in [3.8, 4) is 0 Å². The molecular weight excluding hydrogens is 296 g/mol. The molecule has 8 heteroatoms. The number of carbonyl (C=O) groups excluding carboxylic acids is 4. The number of thiophene rings is 1. The zero-order valence-electron chi connectivity index (χ0n) is 11.2. The van der Waals surface area contributed by atoms with Crippen LogP contribution in [-0.4, -0.2) is 48.3 Å². The van der Waals surface area contributed by atoms with Gasteiger partial charge in [0.25, 0.3) is 11.8 Å². The first kappa shape index (κ1) is 15.2. The Morgan fingerprint density at radius 3 is 2.81 bits per heavy atom. The molecule has 3 amide bonds. The van der Waals surface area contributed by atoms with Crippen LogP contribution in [0.1, 0.15) is 22.5 Å². The molecule has 1 aliphatic rings. The van der Waals surface area contributed by atoms with Gasteiger partial charge in [-0.3, -0.25) is 24.1 Å². The van der Waals surface area contributed by atoms with Gasteiger partial charge in [-0.15, -0.1) is 11.3 Å². The van der Waals surface area contributed by atoms with Crippen LogP contribution in [0, 0.1) is 0 Å². The molecule has 112 valence electrons. The van der Waals surface area contributed by atoms with Gasteiger partial charge in [-0.2, -0.15) is 0 Å². The normalized spacial score (nSPS) is 14.1. The van der Waals surface area contributed by atoms with Gasteiger partial charge in [0.15, 0.2) is 6.61 Å². The number of esters is 1. The zero-order chi connectivity index (χ0) is 15.2. The molecule has 7 nitrogen and oxygen atoms in total. The van der Waals surface area contributed by atoms with Crippen molar-refractivity contribution in [3.05, 3.63) is 22.4 Å². The van der Waals surface area contributed by atoms with Crippen molar-refractivity contribution in [1.82, 2.24) is 10.2 Å². The van der Waals surface area contributed by atoms with Crippen molar-refractivity contribution < 1.29 is 23.9 Å². The first-order valence-corrected chi connectivity index (χ1v) is 7.26. The number of imide groups is 1. The summed E-state index contributed by atoms with van der Waals surface area (Å²) >= 11 is 1.26. The van der Waals surface area contributed by atoms with E-state index >= 15 is 0 Å². The van der Waals surface area contributed by atoms with Crippen molar-refractivity contribution in [1.29, 1.82) is 0 Å². The van der Waals surface area contributed by atoms with Crippen molar-refractivity contribution in [2.75, 3.05) is 19.7 Å². The fourth-order valence-electron chi connectivity index (χ4n) is 1.83. The fourth-order valence-corrected chi connectivity index (χ4v) is 2.47. The van der Waals surface area contributed by atoms with Crippen LogP contribution < -0.4 is 5.32 Å². The fraction of sp³-hybridized carbons (Fsp3) is 0.385. The Morgan fingerprint density at radius 2 is 2.19 bits per heavy atom. The highest BCUT2D eigenvalue weighted by molar-refractivity contribution is 7.12. The van der Waals surface area contributed by atoms with Gasteiger partial charge in [0, 0.05) is 13.0 Å². The van der Waals surface area contributed by atoms with E-state index in [-0.39, 0.29) is 18.4 Å². The molecule has 2 rings (SSSR count). The second-order valence-electron chi connectivity index (χ2n) is 4.36. The molecule has 1 aliphatic heterocycles. The molecule has 0 aromatic carbocycles. The average molecular weight is 310 g/mol. The summed E-state index contributed by atoms with van der Waals surface area (Å²) in [5.74, 6) is -1.87. The Balaban J connectivity index is 1.69. The summed E-state index contributed by atoms with van der Waals surface area (Å²) in [6.45, 7) is -0.443. The van der Waals surface area contributed by atoms with E-state index in [4.69, 9.17) is 4.74 Å². The predicted molar refractivity (Wildman–Crippen MR) is 73.6 cm³/mol. The summed E-state index contributed by atoms with van der Waals surface area (Å²) in [6.07, 6.45) is 0.978. The van der Waals surface area contributed by atoms with Gasteiger partial charge >= 0.3 is 5.97 Å². The monoisotopic (exact) mass is 310 g/mol. The number of rotatable bonds is 5. The zero-order valence-corrected chi connectivity index (χ0v) is 12.0. The molecular formula is C13H14N2O5S. The van der Waals surface area contributed by atoms with Crippen molar-refractivity contribution >= 4 is 35.0 Å². The molecule has 0 saturated carbocycles. The lowest BCUT2D eigenvalue weighted by Gasteiger charge is -2.13. The maximum Gasteiger partial charge on any atom is 0.325 e. The summed E-state index contributed by atoms with van der Waals surface area (Å²) in [7, 11) is 0. The van der Waals surface area contributed by atoms with Crippen LogP contribution >= 0.6 is 11.3 Å². The molecule has 0 atom stereocenters. The molecule has 0 unspecified atom stereocenters. The number of nitrogens with one attached hydrogen (secondary N) is 1. The van der Waals surface area contributed by atoms with Gasteiger partial charge in [-0.05, 0) is 17.9 Å². The first-order valence-electron chi connectivity index (χ1n) is 6.38. The van der Waals surface area contributed by atoms with Crippen LogP contribution in [0.15, 0.2) is 17.5 Å². The molecule has 1 fully saturated rings. The van der Waals surface area contributed by atoms with Gasteiger partial charge in [0.1, 0.15) is 6.54 Å². The molecule has 0 bridgehead atoms. The number of amides is 3. The minimum Gasteiger partial charge on any atom is -0.454 e. The van der Waals surface area contributed by atoms with Gasteiger partial charge in [0.2, 0.25) is 5.91 Å². The molecule has 1 aromatic rings. The number of hydrogen-bond acceptors (Lipinski definition) is 6. The summed E-state index contributed by atoms with van der Waals surface area (Å²) in [5.41, 5.74) is 0. The number of nitrogens with zero attached hydrogens (tertiary/aromatic N) is 1. The van der Waals surface area contributed by atoms with E-state index in [1.807, 2.05) is 0 Å². The van der Waals surface area contributed by atoms with Crippen molar-refractivity contribution in [2.24, 2.45) is 0 Å². The highest BCUT2D eigenvalue weighted by Gasteiger charge is 2.26. The third-order valence-corrected chi connectivity index (χ3v) is 3.74. The van der Waals surface area contributed by atoms with E-state index in [1.165, 1.54) is 11.3 Å². The van der Waals surface area contributed by atoms with E-state index in [9.17, 15) is 19.2 Å². The Kier molecular flexibility index (Phi) is 5.04. The topological polar surface area (TPSA) is 92.8 Å². The van der Waals surface area contributed by atoms with Crippen LogP contribution in [0.25, 0.3) is 0 Å². The van der Waals surface area contributed by atoms with E-state index in [0.717, 1.165) is 4.90 Å². The summed E-state index contributed by atoms with van der Waals surface area (Å²) in [4.78, 5) is 47.5. The largest absolute Gasteiger partial charge is 0.454 e. The van der Waals surface area contributed by atoms with Crippen molar-refractivity contribution in [2.45, 2.75) is 12.8 Å². The van der Waals surface area contributed by atoms with Crippen molar-refractivity contribution in [3.63, 3.8) is 0 Å². The molecule has 0 spiro atoms. The first-order chi connectivity index (χ1) is 10.1. The van der Waals surface area contributed by atoms with Gasteiger partial charge in [0.05, 0.1) is 4.88 Å². The SMILES string of the molecule is O=C(CNC(=O)c1cccs1)OCC(=O)N1CCCC1=O. The minimum absolute atomic E-state index is 0.248. The third-order valence-electron chi connectivity index (χ3n) is 2.87. The van der Waals surface area contributed by atoms with Gasteiger partial charge < -0.3 is 10.1 Å². The highest BCUT2D eigenvalue weighted by Crippen LogP contribution is 2.09. The number of hydrogen-bond donors (Lipinski definition) is 1. The number of ether oxygens (including phenoxy) is 1. The Hall–Kier alpha value is -2.22. The smallest absolute Gasteiger partial charge is 0.325 e. The summed E-state index contributed by atoms with van der Waals surface area (Å²) in [5, 5.41) is 4.14. The lowest BCUT2D eigenvalue weighted by molar-refractivity contribution is -0.154. The number of likely N-dealkylation sites (tertiary alicyclic amines) is 1. The molecule has 21 heavy (non-hydrogen) atoms. The quantitative estimate of drug-likeness (QED) is 0.783. The Bertz CT molecular complexity index is 555. The Morgan fingerprint density at radius 1 is 1.38 bits per heavy atom. The lowest BCUT2D eigenvalue weighted by atomic mass is 10.4. The predicted octanol–water partition coefficient (Wildman–Crippen LogP) is 0.170. The molecule has 2 heterocycles. The molecule has 0 radical (unpaired) electrons. The second kappa shape index (κ2) is 6.98. The van der Waals surface area contributed by atoms with Crippen LogP contribution in [-0.2, 0) is 19.1 Å². The summed E-state index contributed by atoms with van der Waals surface area (Å²) in [6, 6.07) is 3.36. The van der Waals surface area contributed by atoms with E-state index in [2.05, 4.69) is 5.32 Å². The second-order valence-corrected chi connectivity index (χ2v) is 5.31. The molecule has 1 aromatic heterocycles. The van der Waals surface area contributed by atoms with Gasteiger partial charge in [-0.25, -0.2) is 0 Å². The summed E-state index contributed by atoms with van der Waals surface area (Å²) < 4.78 is 4.74. The maximum atomic E-state index is 11.6. The Labute approximate surface area is 124 Å². The third kappa shape index (κ3) is 4.12. The van der Waals surface area contributed by atoms with Crippen LogP contribution in [0.3, 0.4) is 0 Å². The van der Waals surface area contributed by atoms with E-state index in [0.29, 0.717) is 24.3 Å². The van der Waals surface area contributed by atoms with E-state index < -0.39 is 18.5 Å². The minimum atomic E-state index is -0.722. The van der Waals surface area contributed by atoms with E-state index in [1.54, 1.807) is 17.5 Å². The molecule has 1 N–H and O–H groups in total. The maximum absolute atomic E-state index is 11.6. The van der Waals surface area contributed by atoms with Crippen LogP contribution in [0.5, 0.6) is 0 Å². The highest BCUT2D eigenvalue weighted by atomic mass is 32.1. The standard InChI is InChI=1S/C13H14N2O5S/c16-10-4-1-5-15(10)11(17)8-20-12(18)7-14-13(19)9-3-2-6-21-9/h2-3,6H,1,4-5,7-8H2,(H,14,19). The van der Waals surface area contributed by atoms with Crippen LogP contribution in [0.4, 0.5) is 0 Å². The lowest BCUT2D eigenvalue weighted by Crippen LogP contribution is -2.37. The molecule has 0 aliphatic carbocycles. The van der Waals surface area contributed by atoms with Gasteiger partial charge in [-0.1, -0.05) is 6.07 Å².